The van der Waals surface area contributed by atoms with E-state index in [9.17, 15) is 40.2 Å². The van der Waals surface area contributed by atoms with E-state index < -0.39 is 54.5 Å². The molecule has 6 N–H and O–H groups in total. The molecule has 43 heavy (non-hydrogen) atoms. The van der Waals surface area contributed by atoms with Crippen molar-refractivity contribution in [1.82, 2.24) is 0 Å². The number of rotatable bonds is 8. The Balaban J connectivity index is 1.34. The van der Waals surface area contributed by atoms with Crippen LogP contribution in [0.1, 0.15) is 5.56 Å². The zero-order valence-corrected chi connectivity index (χ0v) is 22.6. The summed E-state index contributed by atoms with van der Waals surface area (Å²) >= 11 is 0. The minimum Gasteiger partial charge on any atom is -0.508 e. The van der Waals surface area contributed by atoms with E-state index in [0.29, 0.717) is 11.1 Å². The Morgan fingerprint density at radius 3 is 2.33 bits per heavy atom. The first kappa shape index (κ1) is 29.7. The smallest absolute Gasteiger partial charge is 0.310 e. The summed E-state index contributed by atoms with van der Waals surface area (Å²) in [5, 5.41) is 61.2. The molecule has 1 aromatic heterocycles. The lowest BCUT2D eigenvalue weighted by Gasteiger charge is -2.39. The van der Waals surface area contributed by atoms with Crippen LogP contribution in [0.4, 0.5) is 0 Å². The van der Waals surface area contributed by atoms with Gasteiger partial charge in [-0.15, -0.1) is 0 Å². The van der Waals surface area contributed by atoms with Gasteiger partial charge in [0.15, 0.2) is 16.9 Å². The van der Waals surface area contributed by atoms with Crippen LogP contribution in [0.5, 0.6) is 28.7 Å². The summed E-state index contributed by atoms with van der Waals surface area (Å²) in [6.07, 6.45) is -8.16. The molecule has 1 aliphatic rings. The molecule has 0 saturated carbocycles. The summed E-state index contributed by atoms with van der Waals surface area (Å²) in [4.78, 5) is 25.1. The maximum atomic E-state index is 12.8. The van der Waals surface area contributed by atoms with Gasteiger partial charge < -0.3 is 54.0 Å². The molecule has 1 aliphatic heterocycles. The van der Waals surface area contributed by atoms with E-state index in [2.05, 4.69) is 0 Å². The lowest BCUT2D eigenvalue weighted by molar-refractivity contribution is -0.278. The molecule has 226 valence electrons. The lowest BCUT2D eigenvalue weighted by Crippen LogP contribution is -2.60. The predicted octanol–water partition coefficient (Wildman–Crippen LogP) is 1.56. The number of phenols is 3. The topological polar surface area (TPSA) is 206 Å². The van der Waals surface area contributed by atoms with Gasteiger partial charge in [-0.1, -0.05) is 12.1 Å². The van der Waals surface area contributed by atoms with Crippen LogP contribution < -0.4 is 14.9 Å². The van der Waals surface area contributed by atoms with Gasteiger partial charge in [0, 0.05) is 23.8 Å². The molecule has 3 aromatic carbocycles. The number of phenolic OH excluding ortho intramolecular Hbond substituents is 3. The van der Waals surface area contributed by atoms with Crippen LogP contribution in [0.25, 0.3) is 22.3 Å². The van der Waals surface area contributed by atoms with Crippen molar-refractivity contribution in [3.63, 3.8) is 0 Å². The van der Waals surface area contributed by atoms with Crippen molar-refractivity contribution < 1.29 is 58.8 Å². The number of ether oxygens (including phenoxy) is 4. The molecule has 0 unspecified atom stereocenters. The largest absolute Gasteiger partial charge is 0.508 e. The number of hydrogen-bond donors (Lipinski definition) is 6. The van der Waals surface area contributed by atoms with Crippen molar-refractivity contribution in [2.45, 2.75) is 37.1 Å². The van der Waals surface area contributed by atoms with Gasteiger partial charge in [-0.2, -0.15) is 0 Å². The fourth-order valence-corrected chi connectivity index (χ4v) is 4.59. The Morgan fingerprint density at radius 2 is 1.63 bits per heavy atom. The first-order valence-electron chi connectivity index (χ1n) is 13.0. The molecular formula is C30H28O13. The quantitative estimate of drug-likeness (QED) is 0.160. The predicted molar refractivity (Wildman–Crippen MR) is 148 cm³/mol. The van der Waals surface area contributed by atoms with Crippen LogP contribution >= 0.6 is 0 Å². The zero-order chi connectivity index (χ0) is 30.8. The summed E-state index contributed by atoms with van der Waals surface area (Å²) in [5.74, 6) is -1.18. The molecule has 0 radical (unpaired) electrons. The van der Waals surface area contributed by atoms with E-state index in [4.69, 9.17) is 23.4 Å². The molecule has 0 aliphatic carbocycles. The molecular weight excluding hydrogens is 568 g/mol. The second-order valence-corrected chi connectivity index (χ2v) is 9.84. The highest BCUT2D eigenvalue weighted by atomic mass is 16.7. The Morgan fingerprint density at radius 1 is 0.884 bits per heavy atom. The van der Waals surface area contributed by atoms with E-state index >= 15 is 0 Å². The molecule has 0 spiro atoms. The van der Waals surface area contributed by atoms with Crippen molar-refractivity contribution in [2.24, 2.45) is 0 Å². The summed E-state index contributed by atoms with van der Waals surface area (Å²) in [5.41, 5.74) is 0.226. The molecule has 0 amide bonds. The van der Waals surface area contributed by atoms with Gasteiger partial charge in [-0.05, 0) is 35.9 Å². The molecule has 13 nitrogen and oxygen atoms in total. The highest BCUT2D eigenvalue weighted by Crippen LogP contribution is 2.35. The average molecular weight is 597 g/mol. The Kier molecular flexibility index (Phi) is 8.41. The second kappa shape index (κ2) is 12.2. The fourth-order valence-electron chi connectivity index (χ4n) is 4.59. The van der Waals surface area contributed by atoms with Gasteiger partial charge in [0.2, 0.25) is 6.29 Å². The van der Waals surface area contributed by atoms with E-state index in [-0.39, 0.29) is 46.1 Å². The Labute approximate surface area is 243 Å². The number of fused-ring (bicyclic) bond motifs is 1. The number of aliphatic hydroxyl groups excluding tert-OH is 3. The van der Waals surface area contributed by atoms with Gasteiger partial charge >= 0.3 is 5.97 Å². The van der Waals surface area contributed by atoms with Gasteiger partial charge in [0.05, 0.1) is 13.5 Å². The van der Waals surface area contributed by atoms with Crippen molar-refractivity contribution in [1.29, 1.82) is 0 Å². The van der Waals surface area contributed by atoms with E-state index in [1.54, 1.807) is 6.07 Å². The lowest BCUT2D eigenvalue weighted by atomic mass is 9.99. The summed E-state index contributed by atoms with van der Waals surface area (Å²) in [7, 11) is 1.39. The molecule has 4 aromatic rings. The number of hydrogen-bond acceptors (Lipinski definition) is 13. The van der Waals surface area contributed by atoms with Crippen molar-refractivity contribution in [3.8, 4) is 40.1 Å². The third kappa shape index (κ3) is 6.34. The molecule has 13 heteroatoms. The third-order valence-corrected chi connectivity index (χ3v) is 6.86. The molecule has 1 saturated heterocycles. The third-order valence-electron chi connectivity index (χ3n) is 6.86. The number of esters is 1. The number of carbonyl (C=O) groups is 1. The first-order chi connectivity index (χ1) is 20.5. The molecule has 2 heterocycles. The minimum absolute atomic E-state index is 0.0364. The van der Waals surface area contributed by atoms with E-state index in [1.165, 1.54) is 49.6 Å². The van der Waals surface area contributed by atoms with Crippen molar-refractivity contribution in [2.75, 3.05) is 13.7 Å². The number of aliphatic hydroxyl groups is 3. The van der Waals surface area contributed by atoms with Crippen LogP contribution in [0.3, 0.4) is 0 Å². The van der Waals surface area contributed by atoms with E-state index in [1.807, 2.05) is 0 Å². The van der Waals surface area contributed by atoms with Crippen LogP contribution in [-0.4, -0.2) is 81.0 Å². The maximum absolute atomic E-state index is 12.8. The highest BCUT2D eigenvalue weighted by Gasteiger charge is 2.45. The average Bonchev–Trinajstić information content (AvgIpc) is 2.97. The van der Waals surface area contributed by atoms with Crippen LogP contribution in [-0.2, 0) is 20.7 Å². The molecule has 0 bridgehead atoms. The van der Waals surface area contributed by atoms with Gasteiger partial charge in [0.1, 0.15) is 65.0 Å². The minimum atomic E-state index is -1.75. The molecule has 5 rings (SSSR count). The summed E-state index contributed by atoms with van der Waals surface area (Å²) in [6.45, 7) is -0.488. The Hall–Kier alpha value is -4.82. The van der Waals surface area contributed by atoms with Crippen LogP contribution in [0.15, 0.2) is 69.9 Å². The van der Waals surface area contributed by atoms with Crippen molar-refractivity contribution >= 4 is 16.9 Å². The van der Waals surface area contributed by atoms with Gasteiger partial charge in [-0.25, -0.2) is 0 Å². The first-order valence-corrected chi connectivity index (χ1v) is 13.0. The maximum Gasteiger partial charge on any atom is 0.310 e. The monoisotopic (exact) mass is 596 g/mol. The summed E-state index contributed by atoms with van der Waals surface area (Å²) < 4.78 is 27.3. The SMILES string of the molecule is COc1ccc(-c2cc(=O)c3c(O)cc(O[C@@H]4O[C@H](COC(=O)Cc5ccc(O)cc5)[C@@H](O)[C@H](O)[C@H]4O)cc3o2)cc1O. The summed E-state index contributed by atoms with van der Waals surface area (Å²) in [6, 6.07) is 13.8. The standard InChI is InChI=1S/C30H28O13/c1-39-21-7-4-15(9-18(21)32)22-12-20(34)26-19(33)10-17(11-23(26)42-22)41-30-29(38)28(37)27(36)24(43-30)13-40-25(35)8-14-2-5-16(31)6-3-14/h2-7,9-12,24,27-33,36-38H,8,13H2,1H3/t24-,27-,28+,29-,30-/m1/s1. The zero-order valence-electron chi connectivity index (χ0n) is 22.6. The molecule has 5 atom stereocenters. The fraction of sp³-hybridized carbons (Fsp3) is 0.267. The molecule has 1 fully saturated rings. The van der Waals surface area contributed by atoms with Crippen molar-refractivity contribution in [3.05, 3.63) is 76.5 Å². The number of methoxy groups -OCH3 is 1. The number of carbonyl (C=O) groups excluding carboxylic acids is 1. The van der Waals surface area contributed by atoms with Gasteiger partial charge in [0.25, 0.3) is 0 Å². The normalized spacial score (nSPS) is 21.8. The highest BCUT2D eigenvalue weighted by molar-refractivity contribution is 5.86. The Bertz CT molecular complexity index is 1680. The number of aromatic hydroxyl groups is 3. The van der Waals surface area contributed by atoms with Gasteiger partial charge in [-0.3, -0.25) is 9.59 Å². The number of benzene rings is 3. The van der Waals surface area contributed by atoms with E-state index in [0.717, 1.165) is 12.1 Å². The van der Waals surface area contributed by atoms with Crippen LogP contribution in [0, 0.1) is 0 Å². The van der Waals surface area contributed by atoms with Crippen LogP contribution in [0.2, 0.25) is 0 Å². The second-order valence-electron chi connectivity index (χ2n) is 9.84.